The van der Waals surface area contributed by atoms with Crippen LogP contribution in [0.4, 0.5) is 0 Å². The quantitative estimate of drug-likeness (QED) is 0.192. The van der Waals surface area contributed by atoms with E-state index in [9.17, 15) is 0 Å². The molecule has 0 saturated heterocycles. The molecular weight excluding hydrogens is 805 g/mol. The summed E-state index contributed by atoms with van der Waals surface area (Å²) in [6.45, 7) is 0. The Morgan fingerprint density at radius 3 is 2.05 bits per heavy atom. The van der Waals surface area contributed by atoms with Crippen molar-refractivity contribution in [1.82, 2.24) is 14.5 Å². The lowest BCUT2D eigenvalue weighted by Gasteiger charge is -2.45. The van der Waals surface area contributed by atoms with Crippen LogP contribution in [-0.4, -0.2) is 15.0 Å². The maximum atomic E-state index is 7.32. The lowest BCUT2D eigenvalue weighted by molar-refractivity contribution is 0.439. The number of benzene rings is 9. The Morgan fingerprint density at radius 2 is 1.18 bits per heavy atom. The summed E-state index contributed by atoms with van der Waals surface area (Å²) in [6, 6.07) is 77.1. The molecule has 5 heterocycles. The number of amidine groups is 1. The van der Waals surface area contributed by atoms with Crippen molar-refractivity contribution in [2.75, 3.05) is 0 Å². The van der Waals surface area contributed by atoms with Crippen LogP contribution in [0.2, 0.25) is 0 Å². The van der Waals surface area contributed by atoms with Gasteiger partial charge in [0.2, 0.25) is 0 Å². The highest BCUT2D eigenvalue weighted by molar-refractivity contribution is 6.15. The number of nitrogens with one attached hydrogen (secondary N) is 1. The molecule has 14 rings (SSSR count). The van der Waals surface area contributed by atoms with E-state index in [2.05, 4.69) is 233 Å². The predicted molar refractivity (Wildman–Crippen MR) is 270 cm³/mol. The standard InChI is InChI=1S/C61H42N4O/c1-3-18-39(19-4-1)50-30-17-31-51(63-60(62-50)40-20-5-2-6-21-40)41-22-15-23-42(38-41)64-53-33-12-8-25-45(53)57-55(64)37-36-49-59(57)66-56-35-14-10-28-47(56)61(49)46-27-9-13-34-54(46)65-52-32-11-7-24-43(52)44-26-16-29-48(61)58(44)65/h1-16,18-29,31-38,50H,17,30H2,(H,62,63). The van der Waals surface area contributed by atoms with Crippen molar-refractivity contribution in [3.63, 3.8) is 0 Å². The van der Waals surface area contributed by atoms with Gasteiger partial charge in [-0.15, -0.1) is 0 Å². The van der Waals surface area contributed by atoms with Crippen LogP contribution in [0.3, 0.4) is 0 Å². The molecule has 2 atom stereocenters. The number of aliphatic imine (C=N–C) groups is 1. The molecule has 0 aliphatic carbocycles. The molecule has 0 bridgehead atoms. The van der Waals surface area contributed by atoms with Crippen molar-refractivity contribution in [1.29, 1.82) is 0 Å². The zero-order valence-corrected chi connectivity index (χ0v) is 36.0. The van der Waals surface area contributed by atoms with Gasteiger partial charge >= 0.3 is 0 Å². The minimum Gasteiger partial charge on any atom is -0.456 e. The first kappa shape index (κ1) is 37.0. The second-order valence-corrected chi connectivity index (χ2v) is 17.8. The second kappa shape index (κ2) is 14.3. The molecule has 1 N–H and O–H groups in total. The number of aromatic nitrogens is 2. The minimum absolute atomic E-state index is 0.145. The first-order valence-corrected chi connectivity index (χ1v) is 23.0. The third kappa shape index (κ3) is 5.19. The normalized spacial score (nSPS) is 17.3. The smallest absolute Gasteiger partial charge is 0.142 e. The van der Waals surface area contributed by atoms with Crippen molar-refractivity contribution in [3.8, 4) is 22.9 Å². The fourth-order valence-corrected chi connectivity index (χ4v) is 11.6. The van der Waals surface area contributed by atoms with Crippen LogP contribution in [-0.2, 0) is 5.41 Å². The Balaban J connectivity index is 0.986. The van der Waals surface area contributed by atoms with Crippen molar-refractivity contribution in [2.24, 2.45) is 4.99 Å². The summed E-state index contributed by atoms with van der Waals surface area (Å²) in [5, 5.41) is 8.61. The SMILES string of the molecule is C1=C(c2cccc(-n3c4ccccc4c4c5c(ccc43)C3(c4ccccc4O5)c4ccccc4-n4c5ccccc5c5cccc3c54)c2)N=C(c2ccccc2)NC(c2ccccc2)CC1. The molecule has 0 radical (unpaired) electrons. The van der Waals surface area contributed by atoms with Crippen LogP contribution in [0.5, 0.6) is 11.5 Å². The highest BCUT2D eigenvalue weighted by Crippen LogP contribution is 2.62. The summed E-state index contributed by atoms with van der Waals surface area (Å²) in [7, 11) is 0. The number of fused-ring (bicyclic) bond motifs is 15. The average Bonchev–Trinajstić information content (AvgIpc) is 3.90. The van der Waals surface area contributed by atoms with E-state index in [1.54, 1.807) is 0 Å². The number of nitrogens with zero attached hydrogens (tertiary/aromatic N) is 3. The second-order valence-electron chi connectivity index (χ2n) is 17.8. The first-order valence-electron chi connectivity index (χ1n) is 23.0. The number of rotatable bonds is 4. The highest BCUT2D eigenvalue weighted by atomic mass is 16.5. The molecule has 0 saturated carbocycles. The maximum Gasteiger partial charge on any atom is 0.142 e. The highest BCUT2D eigenvalue weighted by Gasteiger charge is 2.51. The largest absolute Gasteiger partial charge is 0.456 e. The Kier molecular flexibility index (Phi) is 8.02. The van der Waals surface area contributed by atoms with Gasteiger partial charge < -0.3 is 19.2 Å². The fraction of sp³-hybridized carbons (Fsp3) is 0.0656. The summed E-state index contributed by atoms with van der Waals surface area (Å²) in [4.78, 5) is 5.43. The molecular formula is C61H42N4O. The lowest BCUT2D eigenvalue weighted by Crippen LogP contribution is -2.37. The van der Waals surface area contributed by atoms with Crippen LogP contribution in [0.25, 0.3) is 60.7 Å². The van der Waals surface area contributed by atoms with Gasteiger partial charge in [-0.05, 0) is 72.0 Å². The van der Waals surface area contributed by atoms with Gasteiger partial charge in [0, 0.05) is 44.1 Å². The Hall–Kier alpha value is -8.41. The molecule has 9 aromatic carbocycles. The molecule has 2 aromatic heterocycles. The van der Waals surface area contributed by atoms with Crippen molar-refractivity contribution in [3.05, 3.63) is 257 Å². The Labute approximate surface area is 382 Å². The third-order valence-corrected chi connectivity index (χ3v) is 14.3. The molecule has 3 aliphatic rings. The molecule has 66 heavy (non-hydrogen) atoms. The van der Waals surface area contributed by atoms with Gasteiger partial charge in [-0.3, -0.25) is 0 Å². The van der Waals surface area contributed by atoms with E-state index < -0.39 is 5.41 Å². The molecule has 1 spiro atoms. The van der Waals surface area contributed by atoms with Gasteiger partial charge in [0.05, 0.1) is 50.3 Å². The lowest BCUT2D eigenvalue weighted by atomic mass is 9.61. The Bertz CT molecular complexity index is 3840. The monoisotopic (exact) mass is 846 g/mol. The number of hydrogen-bond acceptors (Lipinski definition) is 3. The van der Waals surface area contributed by atoms with Gasteiger partial charge in [0.25, 0.3) is 0 Å². The number of para-hydroxylation sites is 5. The van der Waals surface area contributed by atoms with Gasteiger partial charge in [-0.1, -0.05) is 176 Å². The number of allylic oxidation sites excluding steroid dienone is 1. The molecule has 11 aromatic rings. The number of hydrogen-bond donors (Lipinski definition) is 1. The van der Waals surface area contributed by atoms with E-state index in [-0.39, 0.29) is 6.04 Å². The zero-order chi connectivity index (χ0) is 43.3. The van der Waals surface area contributed by atoms with Crippen LogP contribution in [0, 0.1) is 0 Å². The van der Waals surface area contributed by atoms with Gasteiger partial charge in [0.15, 0.2) is 0 Å². The van der Waals surface area contributed by atoms with Crippen LogP contribution in [0.15, 0.2) is 223 Å². The molecule has 5 nitrogen and oxygen atoms in total. The number of ether oxygens (including phenoxy) is 1. The molecule has 5 heteroatoms. The summed E-state index contributed by atoms with van der Waals surface area (Å²) >= 11 is 0. The van der Waals surface area contributed by atoms with Crippen molar-refractivity contribution < 1.29 is 4.74 Å². The summed E-state index contributed by atoms with van der Waals surface area (Å²) < 4.78 is 12.2. The van der Waals surface area contributed by atoms with E-state index >= 15 is 0 Å². The summed E-state index contributed by atoms with van der Waals surface area (Å²) in [5.74, 6) is 2.64. The van der Waals surface area contributed by atoms with Gasteiger partial charge in [-0.2, -0.15) is 0 Å². The van der Waals surface area contributed by atoms with Crippen molar-refractivity contribution >= 4 is 55.1 Å². The molecule has 0 amide bonds. The summed E-state index contributed by atoms with van der Waals surface area (Å²) in [6.07, 6.45) is 4.15. The van der Waals surface area contributed by atoms with Gasteiger partial charge in [-0.25, -0.2) is 4.99 Å². The molecule has 3 aliphatic heterocycles. The third-order valence-electron chi connectivity index (χ3n) is 14.3. The summed E-state index contributed by atoms with van der Waals surface area (Å²) in [5.41, 5.74) is 15.4. The predicted octanol–water partition coefficient (Wildman–Crippen LogP) is 14.6. The maximum absolute atomic E-state index is 7.32. The average molecular weight is 847 g/mol. The van der Waals surface area contributed by atoms with E-state index in [1.807, 2.05) is 0 Å². The van der Waals surface area contributed by atoms with E-state index in [0.717, 1.165) is 85.6 Å². The van der Waals surface area contributed by atoms with E-state index in [0.29, 0.717) is 0 Å². The van der Waals surface area contributed by atoms with Crippen LogP contribution >= 0.6 is 0 Å². The molecule has 312 valence electrons. The van der Waals surface area contributed by atoms with Crippen LogP contribution in [0.1, 0.15) is 57.8 Å². The van der Waals surface area contributed by atoms with Gasteiger partial charge in [0.1, 0.15) is 17.3 Å². The van der Waals surface area contributed by atoms with E-state index in [1.165, 1.54) is 44.2 Å². The topological polar surface area (TPSA) is 43.5 Å². The van der Waals surface area contributed by atoms with Crippen LogP contribution < -0.4 is 10.1 Å². The van der Waals surface area contributed by atoms with Crippen molar-refractivity contribution in [2.45, 2.75) is 24.3 Å². The van der Waals surface area contributed by atoms with E-state index in [4.69, 9.17) is 9.73 Å². The Morgan fingerprint density at radius 1 is 0.515 bits per heavy atom. The minimum atomic E-state index is -0.658. The molecule has 0 fully saturated rings. The zero-order valence-electron chi connectivity index (χ0n) is 36.0. The first-order chi connectivity index (χ1) is 32.8. The fourth-order valence-electron chi connectivity index (χ4n) is 11.6. The molecule has 2 unspecified atom stereocenters.